The predicted molar refractivity (Wildman–Crippen MR) is 234 cm³/mol. The molecular weight excluding hydrogens is 822 g/mol. The number of aromatic nitrogens is 6. The number of H-pyrrole nitrogens is 1. The molecule has 3 saturated heterocycles. The molecule has 3 unspecified atom stereocenters. The Labute approximate surface area is 362 Å². The molecule has 3 aromatic rings. The van der Waals surface area contributed by atoms with Gasteiger partial charge in [-0.15, -0.1) is 0 Å². The number of rotatable bonds is 16. The van der Waals surface area contributed by atoms with Crippen molar-refractivity contribution in [3.63, 3.8) is 0 Å². The van der Waals surface area contributed by atoms with Crippen molar-refractivity contribution in [3.8, 4) is 0 Å². The average Bonchev–Trinajstić information content (AvgIpc) is 4.05. The minimum atomic E-state index is -4.64. The van der Waals surface area contributed by atoms with Gasteiger partial charge in [0.05, 0.1) is 55.9 Å². The fraction of sp³-hybridized carbons (Fsp3) is 0.773. The maximum atomic E-state index is 10.4. The van der Waals surface area contributed by atoms with E-state index in [9.17, 15) is 13.2 Å². The minimum Gasteiger partial charge on any atom is -0.381 e. The number of imidazole rings is 3. The fourth-order valence-corrected chi connectivity index (χ4v) is 9.44. The van der Waals surface area contributed by atoms with Crippen LogP contribution in [0.4, 0.5) is 13.2 Å². The van der Waals surface area contributed by atoms with Crippen molar-refractivity contribution in [2.24, 2.45) is 0 Å². The Morgan fingerprint density at radius 1 is 0.639 bits per heavy atom. The highest BCUT2D eigenvalue weighted by atomic mass is 28.3. The Balaban J connectivity index is 0.000000146. The van der Waals surface area contributed by atoms with Gasteiger partial charge in [-0.3, -0.25) is 4.79 Å². The first-order valence-electron chi connectivity index (χ1n) is 22.6. The molecule has 1 N–H and O–H groups in total. The summed E-state index contributed by atoms with van der Waals surface area (Å²) in [4.78, 5) is 25.8. The van der Waals surface area contributed by atoms with E-state index in [2.05, 4.69) is 63.4 Å². The van der Waals surface area contributed by atoms with Gasteiger partial charge in [0.25, 0.3) is 0 Å². The summed E-state index contributed by atoms with van der Waals surface area (Å²) < 4.78 is 64.1. The van der Waals surface area contributed by atoms with Gasteiger partial charge in [-0.1, -0.05) is 39.3 Å². The minimum absolute atomic E-state index is 0.504. The summed E-state index contributed by atoms with van der Waals surface area (Å²) in [5, 5.41) is 0. The molecule has 0 radical (unpaired) electrons. The standard InChI is InChI=1S/2C16H28N2O2Si.C10H14N2O.C2HF3O/c1-21(2,3)9-8-20-12-18-11-17-15(14-6-7-19-10-14)16(18)13-4-5-13;1-21(2,3)9-8-20-12-18-11-17-15(13-4-5-13)16(18)14-6-7-19-10-14;1-2-7(1)9-10(12-6-11-9)8-3-4-13-5-8;3-2(4,5)1-6/h2*11,13-14H,4-10,12H2,1-3H3;6-8H,1-5H2,(H,11,12);1H. The second-order valence-electron chi connectivity index (χ2n) is 20.0. The Hall–Kier alpha value is -2.68. The van der Waals surface area contributed by atoms with Crippen LogP contribution in [0.3, 0.4) is 0 Å². The number of alkyl halides is 3. The normalized spacial score (nSPS) is 22.9. The summed E-state index contributed by atoms with van der Waals surface area (Å²) in [6.07, 6.45) is 11.4. The van der Waals surface area contributed by atoms with Crippen molar-refractivity contribution < 1.29 is 41.7 Å². The number of aldehydes is 1. The molecule has 61 heavy (non-hydrogen) atoms. The summed E-state index contributed by atoms with van der Waals surface area (Å²) >= 11 is 0. The molecule has 9 rings (SSSR count). The number of nitrogens with zero attached hydrogens (tertiary/aromatic N) is 5. The highest BCUT2D eigenvalue weighted by molar-refractivity contribution is 6.76. The van der Waals surface area contributed by atoms with Gasteiger partial charge in [0.1, 0.15) is 13.5 Å². The molecule has 6 heterocycles. The van der Waals surface area contributed by atoms with Crippen LogP contribution < -0.4 is 0 Å². The van der Waals surface area contributed by atoms with Gasteiger partial charge in [-0.25, -0.2) is 15.0 Å². The van der Waals surface area contributed by atoms with Gasteiger partial charge >= 0.3 is 6.18 Å². The molecule has 0 bridgehead atoms. The molecule has 6 aliphatic rings. The molecule has 3 aromatic heterocycles. The van der Waals surface area contributed by atoms with E-state index in [1.807, 2.05) is 19.0 Å². The van der Waals surface area contributed by atoms with E-state index in [1.54, 1.807) is 0 Å². The van der Waals surface area contributed by atoms with E-state index >= 15 is 0 Å². The van der Waals surface area contributed by atoms with Crippen molar-refractivity contribution in [3.05, 3.63) is 53.1 Å². The number of hydrogen-bond donors (Lipinski definition) is 1. The summed E-state index contributed by atoms with van der Waals surface area (Å²) in [5.41, 5.74) is 8.08. The topological polar surface area (TPSA) is 128 Å². The summed E-state index contributed by atoms with van der Waals surface area (Å²) in [7, 11) is -2.01. The zero-order chi connectivity index (χ0) is 43.6. The Morgan fingerprint density at radius 3 is 1.48 bits per heavy atom. The molecule has 342 valence electrons. The number of ether oxygens (including phenoxy) is 5. The highest BCUT2D eigenvalue weighted by Crippen LogP contribution is 2.45. The molecule has 3 saturated carbocycles. The van der Waals surface area contributed by atoms with E-state index in [1.165, 1.54) is 84.8 Å². The second kappa shape index (κ2) is 21.8. The lowest BCUT2D eigenvalue weighted by Gasteiger charge is -2.17. The SMILES string of the molecule is C[Si](C)(C)CCOCn1cnc(C2CC2)c1C1CCOC1.C[Si](C)(C)CCOCn1cnc(C2CCOC2)c1C1CC1.O=CC(F)(F)F.c1nc(C2CCOC2)c(C2CC2)[nH]1. The van der Waals surface area contributed by atoms with E-state index in [-0.39, 0.29) is 0 Å². The van der Waals surface area contributed by atoms with Crippen molar-refractivity contribution in [2.75, 3.05) is 52.9 Å². The molecule has 3 atom stereocenters. The van der Waals surface area contributed by atoms with Gasteiger partial charge < -0.3 is 37.8 Å². The average molecular weight is 893 g/mol. The van der Waals surface area contributed by atoms with Crippen molar-refractivity contribution in [1.29, 1.82) is 0 Å². The largest absolute Gasteiger partial charge is 0.446 e. The van der Waals surface area contributed by atoms with Gasteiger partial charge in [-0.2, -0.15) is 13.2 Å². The van der Waals surface area contributed by atoms with Gasteiger partial charge in [0.15, 0.2) is 0 Å². The molecule has 3 aliphatic heterocycles. The van der Waals surface area contributed by atoms with Crippen LogP contribution in [-0.4, -0.2) is 111 Å². The summed E-state index contributed by atoms with van der Waals surface area (Å²) in [5.74, 6) is 3.76. The van der Waals surface area contributed by atoms with Crippen LogP contribution in [0, 0.1) is 0 Å². The van der Waals surface area contributed by atoms with Crippen molar-refractivity contribution in [1.82, 2.24) is 29.1 Å². The number of hydrogen-bond acceptors (Lipinski definition) is 9. The molecule has 12 nitrogen and oxygen atoms in total. The number of halogens is 3. The summed E-state index contributed by atoms with van der Waals surface area (Å²) in [6.45, 7) is 22.6. The third kappa shape index (κ3) is 15.5. The molecular formula is C44H71F3N6O6Si2. The monoisotopic (exact) mass is 892 g/mol. The lowest BCUT2D eigenvalue weighted by molar-refractivity contribution is -0.156. The maximum Gasteiger partial charge on any atom is 0.446 e. The fourth-order valence-electron chi connectivity index (χ4n) is 7.92. The lowest BCUT2D eigenvalue weighted by Crippen LogP contribution is -2.22. The number of aromatic amines is 1. The second-order valence-corrected chi connectivity index (χ2v) is 31.3. The first kappa shape index (κ1) is 47.8. The molecule has 6 fully saturated rings. The number of carbonyl (C=O) groups excluding carboxylic acids is 1. The molecule has 17 heteroatoms. The van der Waals surface area contributed by atoms with Crippen LogP contribution in [0.1, 0.15) is 127 Å². The predicted octanol–water partition coefficient (Wildman–Crippen LogP) is 9.69. The molecule has 0 amide bonds. The van der Waals surface area contributed by atoms with Crippen LogP contribution in [-0.2, 0) is 41.9 Å². The van der Waals surface area contributed by atoms with Crippen molar-refractivity contribution in [2.45, 2.75) is 164 Å². The number of carbonyl (C=O) groups is 1. The van der Waals surface area contributed by atoms with Crippen molar-refractivity contribution >= 4 is 22.4 Å². The van der Waals surface area contributed by atoms with Gasteiger partial charge in [0.2, 0.25) is 6.29 Å². The first-order valence-corrected chi connectivity index (χ1v) is 30.1. The highest BCUT2D eigenvalue weighted by Gasteiger charge is 2.36. The smallest absolute Gasteiger partial charge is 0.381 e. The van der Waals surface area contributed by atoms with Gasteiger partial charge in [0, 0.05) is 102 Å². The summed E-state index contributed by atoms with van der Waals surface area (Å²) in [6, 6.07) is 2.45. The van der Waals surface area contributed by atoms with E-state index in [0.717, 1.165) is 78.0 Å². The molecule has 0 spiro atoms. The zero-order valence-corrected chi connectivity index (χ0v) is 39.4. The van der Waals surface area contributed by atoms with Crippen LogP contribution in [0.2, 0.25) is 51.4 Å². The molecule has 3 aliphatic carbocycles. The maximum absolute atomic E-state index is 10.4. The van der Waals surface area contributed by atoms with Crippen LogP contribution in [0.25, 0.3) is 0 Å². The Bertz CT molecular complexity index is 1780. The van der Waals surface area contributed by atoms with Crippen LogP contribution >= 0.6 is 0 Å². The quantitative estimate of drug-likeness (QED) is 0.0850. The van der Waals surface area contributed by atoms with Crippen LogP contribution in [0.15, 0.2) is 19.0 Å². The third-order valence-corrected chi connectivity index (χ3v) is 15.4. The Morgan fingerprint density at radius 2 is 1.07 bits per heavy atom. The van der Waals surface area contributed by atoms with E-state index in [0.29, 0.717) is 43.1 Å². The van der Waals surface area contributed by atoms with Gasteiger partial charge in [-0.05, 0) is 69.9 Å². The van der Waals surface area contributed by atoms with Crippen LogP contribution in [0.5, 0.6) is 0 Å². The first-order chi connectivity index (χ1) is 29.1. The Kier molecular flexibility index (Phi) is 17.1. The van der Waals surface area contributed by atoms with E-state index < -0.39 is 28.6 Å². The number of nitrogens with one attached hydrogen (secondary N) is 1. The lowest BCUT2D eigenvalue weighted by atomic mass is 10.0. The van der Waals surface area contributed by atoms with E-state index in [4.69, 9.17) is 33.5 Å². The molecule has 0 aromatic carbocycles. The zero-order valence-electron chi connectivity index (χ0n) is 37.4. The third-order valence-electron chi connectivity index (χ3n) is 12.0.